The Balaban J connectivity index is 1.59. The van der Waals surface area contributed by atoms with Crippen LogP contribution in [0.5, 0.6) is 0 Å². The van der Waals surface area contributed by atoms with Gasteiger partial charge in [-0.3, -0.25) is 14.6 Å². The molecule has 1 atom stereocenters. The van der Waals surface area contributed by atoms with E-state index >= 15 is 0 Å². The van der Waals surface area contributed by atoms with Gasteiger partial charge in [-0.2, -0.15) is 0 Å². The number of nitrogens with one attached hydrogen (secondary N) is 1. The Morgan fingerprint density at radius 1 is 1.29 bits per heavy atom. The molecule has 3 heterocycles. The molecule has 0 aliphatic carbocycles. The minimum atomic E-state index is -0.304. The van der Waals surface area contributed by atoms with Gasteiger partial charge >= 0.3 is 0 Å². The zero-order valence-electron chi connectivity index (χ0n) is 19.7. The molecule has 0 radical (unpaired) electrons. The van der Waals surface area contributed by atoms with Gasteiger partial charge in [-0.25, -0.2) is 4.98 Å². The van der Waals surface area contributed by atoms with E-state index in [2.05, 4.69) is 15.3 Å². The van der Waals surface area contributed by atoms with Crippen molar-refractivity contribution >= 4 is 28.5 Å². The molecule has 0 saturated carbocycles. The molecule has 1 fully saturated rings. The highest BCUT2D eigenvalue weighted by molar-refractivity contribution is 6.10. The third-order valence-electron chi connectivity index (χ3n) is 6.08. The Labute approximate surface area is 199 Å². The number of fused-ring (bicyclic) bond motifs is 1. The standard InChI is InChI=1S/C25H31N5O4/c1-29(10-8-20-7-3-4-12-34-20)25(32)19-14-21-23(30(17-27-21)11-13-33-2)22(15-19)28-24(31)18-6-5-9-26-16-18/h5-6,9,14-17,20H,3-4,7-8,10-13H2,1-2H3,(H,28,31)/t20-/m0/s1. The topological polar surface area (TPSA) is 98.6 Å². The molecule has 2 aromatic heterocycles. The molecule has 2 amide bonds. The highest BCUT2D eigenvalue weighted by atomic mass is 16.5. The van der Waals surface area contributed by atoms with Gasteiger partial charge in [0.1, 0.15) is 0 Å². The van der Waals surface area contributed by atoms with Gasteiger partial charge in [-0.15, -0.1) is 0 Å². The van der Waals surface area contributed by atoms with Crippen molar-refractivity contribution in [1.29, 1.82) is 0 Å². The Morgan fingerprint density at radius 2 is 2.18 bits per heavy atom. The van der Waals surface area contributed by atoms with Crippen LogP contribution in [0.4, 0.5) is 5.69 Å². The van der Waals surface area contributed by atoms with Gasteiger partial charge in [0, 0.05) is 51.8 Å². The van der Waals surface area contributed by atoms with E-state index in [1.54, 1.807) is 55.8 Å². The first kappa shape index (κ1) is 23.8. The first-order valence-corrected chi connectivity index (χ1v) is 11.6. The Kier molecular flexibility index (Phi) is 7.87. The summed E-state index contributed by atoms with van der Waals surface area (Å²) in [5.41, 5.74) is 2.79. The maximum Gasteiger partial charge on any atom is 0.257 e. The molecule has 4 rings (SSSR count). The highest BCUT2D eigenvalue weighted by Gasteiger charge is 2.21. The Bertz CT molecular complexity index is 1130. The van der Waals surface area contributed by atoms with E-state index in [9.17, 15) is 9.59 Å². The Morgan fingerprint density at radius 3 is 2.91 bits per heavy atom. The number of anilines is 1. The van der Waals surface area contributed by atoms with Crippen LogP contribution in [0.2, 0.25) is 0 Å². The quantitative estimate of drug-likeness (QED) is 0.520. The SMILES string of the molecule is COCCn1cnc2cc(C(=O)N(C)CC[C@@H]3CCCCO3)cc(NC(=O)c3cccnc3)c21. The number of ether oxygens (including phenoxy) is 2. The van der Waals surface area contributed by atoms with Gasteiger partial charge in [0.2, 0.25) is 0 Å². The number of nitrogens with zero attached hydrogens (tertiary/aromatic N) is 4. The summed E-state index contributed by atoms with van der Waals surface area (Å²) in [5.74, 6) is -0.428. The van der Waals surface area contributed by atoms with Crippen LogP contribution in [0.3, 0.4) is 0 Å². The fourth-order valence-electron chi connectivity index (χ4n) is 4.17. The molecule has 0 spiro atoms. The average molecular weight is 466 g/mol. The second-order valence-corrected chi connectivity index (χ2v) is 8.52. The number of benzene rings is 1. The van der Waals surface area contributed by atoms with Crippen LogP contribution in [-0.2, 0) is 16.0 Å². The normalized spacial score (nSPS) is 15.9. The summed E-state index contributed by atoms with van der Waals surface area (Å²) >= 11 is 0. The maximum atomic E-state index is 13.3. The molecule has 180 valence electrons. The number of amides is 2. The van der Waals surface area contributed by atoms with Crippen molar-refractivity contribution in [3.8, 4) is 0 Å². The average Bonchev–Trinajstić information content (AvgIpc) is 3.29. The molecule has 9 heteroatoms. The predicted molar refractivity (Wildman–Crippen MR) is 129 cm³/mol. The number of hydrogen-bond donors (Lipinski definition) is 1. The summed E-state index contributed by atoms with van der Waals surface area (Å²) in [5, 5.41) is 2.95. The van der Waals surface area contributed by atoms with E-state index in [0.717, 1.165) is 31.4 Å². The first-order chi connectivity index (χ1) is 16.6. The van der Waals surface area contributed by atoms with Crippen molar-refractivity contribution in [1.82, 2.24) is 19.4 Å². The second-order valence-electron chi connectivity index (χ2n) is 8.52. The first-order valence-electron chi connectivity index (χ1n) is 11.6. The lowest BCUT2D eigenvalue weighted by molar-refractivity contribution is 0.00709. The van der Waals surface area contributed by atoms with Gasteiger partial charge in [-0.1, -0.05) is 0 Å². The third-order valence-corrected chi connectivity index (χ3v) is 6.08. The largest absolute Gasteiger partial charge is 0.383 e. The van der Waals surface area contributed by atoms with Crippen LogP contribution >= 0.6 is 0 Å². The van der Waals surface area contributed by atoms with Crippen molar-refractivity contribution in [2.24, 2.45) is 0 Å². The van der Waals surface area contributed by atoms with E-state index < -0.39 is 0 Å². The molecule has 1 aliphatic rings. The molecular formula is C25H31N5O4. The molecule has 3 aromatic rings. The number of methoxy groups -OCH3 is 1. The van der Waals surface area contributed by atoms with Crippen molar-refractivity contribution in [2.45, 2.75) is 38.3 Å². The molecular weight excluding hydrogens is 434 g/mol. The van der Waals surface area contributed by atoms with E-state index in [-0.39, 0.29) is 17.9 Å². The number of carbonyl (C=O) groups excluding carboxylic acids is 2. The summed E-state index contributed by atoms with van der Waals surface area (Å²) < 4.78 is 12.9. The minimum Gasteiger partial charge on any atom is -0.383 e. The van der Waals surface area contributed by atoms with E-state index in [4.69, 9.17) is 9.47 Å². The van der Waals surface area contributed by atoms with Crippen LogP contribution in [0.15, 0.2) is 43.0 Å². The lowest BCUT2D eigenvalue weighted by atomic mass is 10.1. The number of hydrogen-bond acceptors (Lipinski definition) is 6. The molecule has 1 aliphatic heterocycles. The van der Waals surface area contributed by atoms with Gasteiger partial charge in [-0.05, 0) is 49.9 Å². The smallest absolute Gasteiger partial charge is 0.257 e. The van der Waals surface area contributed by atoms with E-state index in [1.807, 2.05) is 4.57 Å². The van der Waals surface area contributed by atoms with E-state index in [0.29, 0.717) is 42.0 Å². The van der Waals surface area contributed by atoms with Crippen LogP contribution in [0, 0.1) is 0 Å². The van der Waals surface area contributed by atoms with Gasteiger partial charge in [0.25, 0.3) is 11.8 Å². The van der Waals surface area contributed by atoms with E-state index in [1.165, 1.54) is 12.6 Å². The fraction of sp³-hybridized carbons (Fsp3) is 0.440. The lowest BCUT2D eigenvalue weighted by Gasteiger charge is -2.25. The summed E-state index contributed by atoms with van der Waals surface area (Å²) in [6, 6.07) is 6.89. The maximum absolute atomic E-state index is 13.3. The number of rotatable bonds is 9. The van der Waals surface area contributed by atoms with Gasteiger partial charge in [0.15, 0.2) is 0 Å². The summed E-state index contributed by atoms with van der Waals surface area (Å²) in [7, 11) is 3.43. The molecule has 0 unspecified atom stereocenters. The summed E-state index contributed by atoms with van der Waals surface area (Å²) in [6.07, 6.45) is 9.14. The molecule has 34 heavy (non-hydrogen) atoms. The predicted octanol–water partition coefficient (Wildman–Crippen LogP) is 3.36. The zero-order valence-corrected chi connectivity index (χ0v) is 19.7. The number of carbonyl (C=O) groups is 2. The van der Waals surface area contributed by atoms with Gasteiger partial charge in [0.05, 0.1) is 41.3 Å². The fourth-order valence-corrected chi connectivity index (χ4v) is 4.17. The summed E-state index contributed by atoms with van der Waals surface area (Å²) in [6.45, 7) is 2.46. The van der Waals surface area contributed by atoms with Crippen molar-refractivity contribution < 1.29 is 19.1 Å². The monoisotopic (exact) mass is 465 g/mol. The van der Waals surface area contributed by atoms with Crippen LogP contribution in [0.25, 0.3) is 11.0 Å². The molecule has 0 bridgehead atoms. The molecule has 1 aromatic carbocycles. The Hall–Kier alpha value is -3.30. The number of pyridine rings is 1. The minimum absolute atomic E-state index is 0.124. The highest BCUT2D eigenvalue weighted by Crippen LogP contribution is 2.27. The second kappa shape index (κ2) is 11.2. The summed E-state index contributed by atoms with van der Waals surface area (Å²) in [4.78, 5) is 36.3. The lowest BCUT2D eigenvalue weighted by Crippen LogP contribution is -2.31. The molecule has 1 saturated heterocycles. The number of aromatic nitrogens is 3. The van der Waals surface area contributed by atoms with Crippen LogP contribution in [-0.4, -0.2) is 71.3 Å². The molecule has 1 N–H and O–H groups in total. The van der Waals surface area contributed by atoms with Crippen molar-refractivity contribution in [3.05, 3.63) is 54.1 Å². The van der Waals surface area contributed by atoms with Gasteiger partial charge < -0.3 is 24.3 Å². The van der Waals surface area contributed by atoms with Crippen LogP contribution in [0.1, 0.15) is 46.4 Å². The number of imidazole rings is 1. The third kappa shape index (κ3) is 5.60. The van der Waals surface area contributed by atoms with Crippen molar-refractivity contribution in [2.75, 3.05) is 39.2 Å². The van der Waals surface area contributed by atoms with Crippen molar-refractivity contribution in [3.63, 3.8) is 0 Å². The molecule has 9 nitrogen and oxygen atoms in total. The zero-order chi connectivity index (χ0) is 23.9. The van der Waals surface area contributed by atoms with Crippen LogP contribution < -0.4 is 5.32 Å².